The van der Waals surface area contributed by atoms with Gasteiger partial charge in [0.05, 0.1) is 23.5 Å². The fraction of sp³-hybridized carbons (Fsp3) is 0.333. The number of likely N-dealkylation sites (tertiary alicyclic amines) is 1. The van der Waals surface area contributed by atoms with Gasteiger partial charge in [-0.1, -0.05) is 13.2 Å². The van der Waals surface area contributed by atoms with E-state index in [1.807, 2.05) is 4.90 Å². The maximum Gasteiger partial charge on any atom is 0.418 e. The number of fused-ring (bicyclic) bond motifs is 1. The number of hydrogen-bond donors (Lipinski definition) is 0. The van der Waals surface area contributed by atoms with E-state index in [9.17, 15) is 22.4 Å². The first-order valence-electron chi connectivity index (χ1n) is 11.8. The predicted octanol–water partition coefficient (Wildman–Crippen LogP) is 5.68. The maximum atomic E-state index is 14.4. The van der Waals surface area contributed by atoms with Gasteiger partial charge in [0.15, 0.2) is 0 Å². The molecule has 37 heavy (non-hydrogen) atoms. The molecule has 6 nitrogen and oxygen atoms in total. The molecule has 0 amide bonds. The second kappa shape index (κ2) is 10.3. The quantitative estimate of drug-likeness (QED) is 0.313. The summed E-state index contributed by atoms with van der Waals surface area (Å²) in [5, 5.41) is 0.548. The summed E-state index contributed by atoms with van der Waals surface area (Å²) in [6, 6.07) is 3.88. The first-order chi connectivity index (χ1) is 17.5. The van der Waals surface area contributed by atoms with Crippen LogP contribution in [0.1, 0.15) is 48.3 Å². The van der Waals surface area contributed by atoms with Crippen molar-refractivity contribution in [1.29, 1.82) is 0 Å². The number of halogens is 4. The number of alkyl halides is 3. The molecule has 3 aromatic heterocycles. The minimum atomic E-state index is -4.62. The highest BCUT2D eigenvalue weighted by Gasteiger charge is 2.34. The molecule has 0 aromatic carbocycles. The molecule has 0 bridgehead atoms. The lowest BCUT2D eigenvalue weighted by Crippen LogP contribution is -2.36. The molecule has 0 spiro atoms. The molecular formula is C27H27F4N5O. The largest absolute Gasteiger partial charge is 0.418 e. The number of rotatable bonds is 6. The Morgan fingerprint density at radius 3 is 2.57 bits per heavy atom. The van der Waals surface area contributed by atoms with Crippen molar-refractivity contribution in [3.63, 3.8) is 0 Å². The zero-order valence-corrected chi connectivity index (χ0v) is 20.6. The van der Waals surface area contributed by atoms with E-state index >= 15 is 0 Å². The van der Waals surface area contributed by atoms with Crippen LogP contribution in [0.5, 0.6) is 0 Å². The third-order valence-corrected chi connectivity index (χ3v) is 6.54. The highest BCUT2D eigenvalue weighted by molar-refractivity contribution is 5.75. The Bertz CT molecular complexity index is 1450. The zero-order valence-electron chi connectivity index (χ0n) is 20.6. The maximum absolute atomic E-state index is 14.4. The summed E-state index contributed by atoms with van der Waals surface area (Å²) in [6.45, 7) is 11.3. The van der Waals surface area contributed by atoms with Crippen LogP contribution in [0.15, 0.2) is 71.7 Å². The fourth-order valence-corrected chi connectivity index (χ4v) is 4.81. The van der Waals surface area contributed by atoms with Gasteiger partial charge in [-0.2, -0.15) is 13.2 Å². The first-order valence-corrected chi connectivity index (χ1v) is 11.8. The van der Waals surface area contributed by atoms with Crippen LogP contribution in [0.4, 0.5) is 17.6 Å². The Kier molecular flexibility index (Phi) is 7.29. The number of hydrogen-bond acceptors (Lipinski definition) is 5. The molecule has 1 aliphatic rings. The van der Waals surface area contributed by atoms with Crippen LogP contribution in [-0.4, -0.2) is 37.5 Å². The van der Waals surface area contributed by atoms with Crippen molar-refractivity contribution in [1.82, 2.24) is 24.4 Å². The lowest BCUT2D eigenvalue weighted by atomic mass is 9.89. The van der Waals surface area contributed by atoms with Gasteiger partial charge in [-0.15, -0.1) is 0 Å². The van der Waals surface area contributed by atoms with E-state index in [1.165, 1.54) is 16.8 Å². The first kappa shape index (κ1) is 26.2. The van der Waals surface area contributed by atoms with Crippen molar-refractivity contribution in [2.75, 3.05) is 13.1 Å². The summed E-state index contributed by atoms with van der Waals surface area (Å²) in [5.41, 5.74) is 0.0962. The molecule has 1 saturated heterocycles. The van der Waals surface area contributed by atoms with Crippen LogP contribution in [0.3, 0.4) is 0 Å². The van der Waals surface area contributed by atoms with Crippen LogP contribution in [-0.2, 0) is 12.7 Å². The lowest BCUT2D eigenvalue weighted by molar-refractivity contribution is -0.138. The second-order valence-electron chi connectivity index (χ2n) is 9.12. The summed E-state index contributed by atoms with van der Waals surface area (Å²) in [4.78, 5) is 28.1. The molecule has 1 fully saturated rings. The van der Waals surface area contributed by atoms with Gasteiger partial charge in [-0.3, -0.25) is 14.3 Å². The molecule has 194 valence electrons. The predicted molar refractivity (Wildman–Crippen MR) is 134 cm³/mol. The van der Waals surface area contributed by atoms with Crippen molar-refractivity contribution < 1.29 is 17.6 Å². The van der Waals surface area contributed by atoms with E-state index in [2.05, 4.69) is 28.1 Å². The Labute approximate surface area is 211 Å². The summed E-state index contributed by atoms with van der Waals surface area (Å²) >= 11 is 0. The molecule has 0 N–H and O–H groups in total. The standard InChI is InChI=1S/C27H27F4N5O/c1-5-22(28)24(16(2)3)35-11-8-18(9-12-35)20-13-19-14-33-17(4)34-25(19)36(26(20)37)15-23-21(27(29,30)31)7-6-10-32-23/h5-7,10,13-14,18H,1-2,8-9,11-12,15H2,3-4H3/b24-22-. The molecule has 0 aliphatic carbocycles. The SMILES string of the molecule is C=C/C(F)=C(\C(=C)C)N1CCC(c2cc3cnc(C)nc3n(Cc3ncccc3C(F)(F)F)c2=O)CC1. The van der Waals surface area contributed by atoms with Crippen molar-refractivity contribution >= 4 is 11.0 Å². The molecule has 0 atom stereocenters. The van der Waals surface area contributed by atoms with Gasteiger partial charge >= 0.3 is 6.18 Å². The Hall–Kier alpha value is -3.82. The fourth-order valence-electron chi connectivity index (χ4n) is 4.81. The summed E-state index contributed by atoms with van der Waals surface area (Å²) < 4.78 is 56.6. The van der Waals surface area contributed by atoms with Gasteiger partial charge in [-0.05, 0) is 62.5 Å². The number of allylic oxidation sites excluding steroid dienone is 3. The van der Waals surface area contributed by atoms with E-state index < -0.39 is 23.1 Å². The van der Waals surface area contributed by atoms with Crippen LogP contribution in [0.25, 0.3) is 11.0 Å². The van der Waals surface area contributed by atoms with E-state index in [0.717, 1.165) is 12.1 Å². The van der Waals surface area contributed by atoms with Gasteiger partial charge < -0.3 is 4.90 Å². The average Bonchev–Trinajstić information content (AvgIpc) is 2.85. The van der Waals surface area contributed by atoms with Gasteiger partial charge in [0.25, 0.3) is 5.56 Å². The summed E-state index contributed by atoms with van der Waals surface area (Å²) in [7, 11) is 0. The number of aromatic nitrogens is 4. The Balaban J connectivity index is 1.75. The van der Waals surface area contributed by atoms with Gasteiger partial charge in [-0.25, -0.2) is 14.4 Å². The summed E-state index contributed by atoms with van der Waals surface area (Å²) in [6.07, 6.45) is 0.460. The van der Waals surface area contributed by atoms with E-state index in [4.69, 9.17) is 0 Å². The van der Waals surface area contributed by atoms with Crippen LogP contribution in [0, 0.1) is 6.92 Å². The van der Waals surface area contributed by atoms with Crippen LogP contribution >= 0.6 is 0 Å². The highest BCUT2D eigenvalue weighted by atomic mass is 19.4. The van der Waals surface area contributed by atoms with Crippen LogP contribution < -0.4 is 5.56 Å². The highest BCUT2D eigenvalue weighted by Crippen LogP contribution is 2.33. The van der Waals surface area contributed by atoms with E-state index in [1.54, 1.807) is 26.1 Å². The topological polar surface area (TPSA) is 63.9 Å². The van der Waals surface area contributed by atoms with Crippen molar-refractivity contribution in [2.45, 2.75) is 45.3 Å². The molecule has 4 rings (SSSR count). The molecule has 1 aliphatic heterocycles. The lowest BCUT2D eigenvalue weighted by Gasteiger charge is -2.35. The smallest absolute Gasteiger partial charge is 0.369 e. The molecule has 4 heterocycles. The molecular weight excluding hydrogens is 486 g/mol. The van der Waals surface area contributed by atoms with Gasteiger partial charge in [0.1, 0.15) is 17.3 Å². The Morgan fingerprint density at radius 2 is 1.95 bits per heavy atom. The van der Waals surface area contributed by atoms with Crippen molar-refractivity contribution in [3.8, 4) is 0 Å². The molecule has 10 heteroatoms. The van der Waals surface area contributed by atoms with Gasteiger partial charge in [0.2, 0.25) is 0 Å². The Morgan fingerprint density at radius 1 is 1.24 bits per heavy atom. The normalized spacial score (nSPS) is 15.6. The molecule has 0 unspecified atom stereocenters. The van der Waals surface area contributed by atoms with Crippen LogP contribution in [0.2, 0.25) is 0 Å². The van der Waals surface area contributed by atoms with E-state index in [0.29, 0.717) is 54.0 Å². The number of nitrogens with zero attached hydrogens (tertiary/aromatic N) is 5. The number of piperidine rings is 1. The minimum Gasteiger partial charge on any atom is -0.369 e. The summed E-state index contributed by atoms with van der Waals surface area (Å²) in [5.74, 6) is -0.242. The minimum absolute atomic E-state index is 0.176. The third-order valence-electron chi connectivity index (χ3n) is 6.54. The van der Waals surface area contributed by atoms with Crippen molar-refractivity contribution in [3.05, 3.63) is 99.9 Å². The molecule has 3 aromatic rings. The third kappa shape index (κ3) is 5.33. The number of aryl methyl sites for hydroxylation is 1. The second-order valence-corrected chi connectivity index (χ2v) is 9.12. The molecule has 0 radical (unpaired) electrons. The monoisotopic (exact) mass is 513 g/mol. The van der Waals surface area contributed by atoms with E-state index in [-0.39, 0.29) is 23.8 Å². The molecule has 0 saturated carbocycles. The number of pyridine rings is 2. The van der Waals surface area contributed by atoms with Crippen molar-refractivity contribution in [2.24, 2.45) is 0 Å². The average molecular weight is 514 g/mol. The zero-order chi connectivity index (χ0) is 26.9. The van der Waals surface area contributed by atoms with Gasteiger partial charge in [0, 0.05) is 36.4 Å².